The Morgan fingerprint density at radius 3 is 2.55 bits per heavy atom. The maximum absolute atomic E-state index is 4.38. The fraction of sp³-hybridized carbons (Fsp3) is 0.471. The molecule has 0 bridgehead atoms. The summed E-state index contributed by atoms with van der Waals surface area (Å²) in [6.07, 6.45) is 9.35. The van der Waals surface area contributed by atoms with Gasteiger partial charge in [0, 0.05) is 24.6 Å². The molecule has 0 atom stereocenters. The van der Waals surface area contributed by atoms with E-state index in [1.54, 1.807) is 18.6 Å². The molecule has 1 aliphatic rings. The molecule has 0 spiro atoms. The molecule has 116 valence electrons. The quantitative estimate of drug-likeness (QED) is 0.939. The maximum Gasteiger partial charge on any atom is 0.150 e. The summed E-state index contributed by atoms with van der Waals surface area (Å²) in [6.45, 7) is 6.90. The van der Waals surface area contributed by atoms with Crippen LogP contribution in [0, 0.1) is 0 Å². The van der Waals surface area contributed by atoms with E-state index in [0.717, 1.165) is 11.6 Å². The number of piperidine rings is 1. The van der Waals surface area contributed by atoms with Crippen molar-refractivity contribution >= 4 is 11.6 Å². The van der Waals surface area contributed by atoms with E-state index >= 15 is 0 Å². The highest BCUT2D eigenvalue weighted by atomic mass is 15.1. The van der Waals surface area contributed by atoms with Crippen molar-refractivity contribution in [2.45, 2.75) is 38.6 Å². The van der Waals surface area contributed by atoms with Gasteiger partial charge in [0.1, 0.15) is 11.6 Å². The summed E-state index contributed by atoms with van der Waals surface area (Å²) in [7, 11) is 0. The van der Waals surface area contributed by atoms with E-state index in [-0.39, 0.29) is 0 Å². The number of anilines is 2. The lowest BCUT2D eigenvalue weighted by atomic mass is 9.89. The van der Waals surface area contributed by atoms with Gasteiger partial charge in [0.05, 0.1) is 6.20 Å². The molecule has 0 aromatic carbocycles. The SMILES string of the molecule is CC(C)N1CCC(c2ccnc(Nc3cnccn3)c2)CC1. The standard InChI is InChI=1S/C17H23N5/c1-13(2)22-9-4-14(5-10-22)15-3-6-19-16(11-15)21-17-12-18-7-8-20-17/h3,6-8,11-14H,4-5,9-10H2,1-2H3,(H,19,20,21). The fourth-order valence-corrected chi connectivity index (χ4v) is 3.01. The number of nitrogens with zero attached hydrogens (tertiary/aromatic N) is 4. The van der Waals surface area contributed by atoms with E-state index in [0.29, 0.717) is 12.0 Å². The lowest BCUT2D eigenvalue weighted by Gasteiger charge is -2.34. The first-order valence-electron chi connectivity index (χ1n) is 7.95. The largest absolute Gasteiger partial charge is 0.324 e. The van der Waals surface area contributed by atoms with Gasteiger partial charge in [0.15, 0.2) is 0 Å². The van der Waals surface area contributed by atoms with Gasteiger partial charge in [-0.3, -0.25) is 4.98 Å². The summed E-state index contributed by atoms with van der Waals surface area (Å²) < 4.78 is 0. The Morgan fingerprint density at radius 2 is 1.86 bits per heavy atom. The summed E-state index contributed by atoms with van der Waals surface area (Å²) in [5, 5.41) is 3.22. The first-order chi connectivity index (χ1) is 10.7. The van der Waals surface area contributed by atoms with Crippen molar-refractivity contribution in [3.8, 4) is 0 Å². The molecule has 1 N–H and O–H groups in total. The minimum absolute atomic E-state index is 0.625. The minimum Gasteiger partial charge on any atom is -0.324 e. The Hall–Kier alpha value is -2.01. The summed E-state index contributed by atoms with van der Waals surface area (Å²) >= 11 is 0. The molecule has 1 fully saturated rings. The highest BCUT2D eigenvalue weighted by Gasteiger charge is 2.22. The third kappa shape index (κ3) is 3.60. The average molecular weight is 297 g/mol. The van der Waals surface area contributed by atoms with Crippen LogP contribution in [0.5, 0.6) is 0 Å². The lowest BCUT2D eigenvalue weighted by Crippen LogP contribution is -2.37. The Morgan fingerprint density at radius 1 is 1.09 bits per heavy atom. The van der Waals surface area contributed by atoms with Crippen LogP contribution in [-0.4, -0.2) is 39.0 Å². The Balaban J connectivity index is 1.67. The third-order valence-electron chi connectivity index (χ3n) is 4.33. The normalized spacial score (nSPS) is 16.9. The highest BCUT2D eigenvalue weighted by Crippen LogP contribution is 2.29. The number of hydrogen-bond acceptors (Lipinski definition) is 5. The Labute approximate surface area is 131 Å². The molecular weight excluding hydrogens is 274 g/mol. The summed E-state index contributed by atoms with van der Waals surface area (Å²) in [6, 6.07) is 4.93. The number of pyridine rings is 1. The molecule has 5 heteroatoms. The van der Waals surface area contributed by atoms with Crippen molar-refractivity contribution in [1.29, 1.82) is 0 Å². The van der Waals surface area contributed by atoms with Crippen LogP contribution in [0.2, 0.25) is 0 Å². The molecule has 2 aromatic rings. The van der Waals surface area contributed by atoms with Crippen LogP contribution in [0.15, 0.2) is 36.9 Å². The predicted molar refractivity (Wildman–Crippen MR) is 88.2 cm³/mol. The van der Waals surface area contributed by atoms with E-state index in [9.17, 15) is 0 Å². The molecule has 0 amide bonds. The second-order valence-electron chi connectivity index (χ2n) is 6.09. The second kappa shape index (κ2) is 6.83. The van der Waals surface area contributed by atoms with E-state index < -0.39 is 0 Å². The van der Waals surface area contributed by atoms with Gasteiger partial charge in [-0.2, -0.15) is 0 Å². The highest BCUT2D eigenvalue weighted by molar-refractivity contribution is 5.51. The number of nitrogens with one attached hydrogen (secondary N) is 1. The van der Waals surface area contributed by atoms with Gasteiger partial charge in [-0.1, -0.05) is 0 Å². The van der Waals surface area contributed by atoms with Crippen LogP contribution in [0.4, 0.5) is 11.6 Å². The van der Waals surface area contributed by atoms with Gasteiger partial charge >= 0.3 is 0 Å². The van der Waals surface area contributed by atoms with Crippen LogP contribution in [0.3, 0.4) is 0 Å². The molecular formula is C17H23N5. The van der Waals surface area contributed by atoms with E-state index in [4.69, 9.17) is 0 Å². The number of likely N-dealkylation sites (tertiary alicyclic amines) is 1. The molecule has 3 rings (SSSR count). The third-order valence-corrected chi connectivity index (χ3v) is 4.33. The van der Waals surface area contributed by atoms with Crippen LogP contribution in [0.1, 0.15) is 38.2 Å². The number of hydrogen-bond donors (Lipinski definition) is 1. The summed E-state index contributed by atoms with van der Waals surface area (Å²) in [5.74, 6) is 2.19. The van der Waals surface area contributed by atoms with E-state index in [1.165, 1.54) is 31.5 Å². The van der Waals surface area contributed by atoms with Crippen LogP contribution >= 0.6 is 0 Å². The Bertz CT molecular complexity index is 591. The van der Waals surface area contributed by atoms with Crippen LogP contribution < -0.4 is 5.32 Å². The van der Waals surface area contributed by atoms with Crippen LogP contribution in [-0.2, 0) is 0 Å². The topological polar surface area (TPSA) is 53.9 Å². The molecule has 0 radical (unpaired) electrons. The molecule has 0 aliphatic carbocycles. The van der Waals surface area contributed by atoms with Crippen molar-refractivity contribution in [3.63, 3.8) is 0 Å². The zero-order valence-corrected chi connectivity index (χ0v) is 13.2. The summed E-state index contributed by atoms with van der Waals surface area (Å²) in [4.78, 5) is 15.2. The molecule has 2 aromatic heterocycles. The van der Waals surface area contributed by atoms with E-state index in [2.05, 4.69) is 51.1 Å². The smallest absolute Gasteiger partial charge is 0.150 e. The molecule has 0 saturated carbocycles. The van der Waals surface area contributed by atoms with Gasteiger partial charge in [0.2, 0.25) is 0 Å². The van der Waals surface area contributed by atoms with Crippen molar-refractivity contribution in [3.05, 3.63) is 42.5 Å². The van der Waals surface area contributed by atoms with Crippen molar-refractivity contribution in [2.24, 2.45) is 0 Å². The zero-order chi connectivity index (χ0) is 15.4. The first-order valence-corrected chi connectivity index (χ1v) is 7.95. The number of rotatable bonds is 4. The van der Waals surface area contributed by atoms with Gasteiger partial charge < -0.3 is 10.2 Å². The maximum atomic E-state index is 4.38. The Kier molecular flexibility index (Phi) is 4.63. The predicted octanol–water partition coefficient (Wildman–Crippen LogP) is 3.20. The molecule has 1 aliphatic heterocycles. The van der Waals surface area contributed by atoms with Crippen molar-refractivity contribution in [1.82, 2.24) is 19.9 Å². The van der Waals surface area contributed by atoms with Crippen LogP contribution in [0.25, 0.3) is 0 Å². The molecule has 5 nitrogen and oxygen atoms in total. The first kappa shape index (κ1) is 14.9. The van der Waals surface area contributed by atoms with Crippen molar-refractivity contribution in [2.75, 3.05) is 18.4 Å². The fourth-order valence-electron chi connectivity index (χ4n) is 3.01. The average Bonchev–Trinajstić information content (AvgIpc) is 2.56. The van der Waals surface area contributed by atoms with Crippen molar-refractivity contribution < 1.29 is 0 Å². The molecule has 22 heavy (non-hydrogen) atoms. The lowest BCUT2D eigenvalue weighted by molar-refractivity contribution is 0.172. The molecule has 0 unspecified atom stereocenters. The van der Waals surface area contributed by atoms with Gasteiger partial charge in [-0.15, -0.1) is 0 Å². The monoisotopic (exact) mass is 297 g/mol. The van der Waals surface area contributed by atoms with Gasteiger partial charge in [-0.25, -0.2) is 9.97 Å². The zero-order valence-electron chi connectivity index (χ0n) is 13.2. The summed E-state index contributed by atoms with van der Waals surface area (Å²) in [5.41, 5.74) is 1.37. The second-order valence-corrected chi connectivity index (χ2v) is 6.09. The number of aromatic nitrogens is 3. The van der Waals surface area contributed by atoms with Gasteiger partial charge in [-0.05, 0) is 63.4 Å². The molecule has 3 heterocycles. The molecule has 1 saturated heterocycles. The minimum atomic E-state index is 0.625. The van der Waals surface area contributed by atoms with E-state index in [1.807, 2.05) is 6.20 Å². The van der Waals surface area contributed by atoms with Gasteiger partial charge in [0.25, 0.3) is 0 Å².